The summed E-state index contributed by atoms with van der Waals surface area (Å²) in [5.74, 6) is 0.0587. The quantitative estimate of drug-likeness (QED) is 0.175. The smallest absolute Gasteiger partial charge is 0.261 e. The van der Waals surface area contributed by atoms with Crippen molar-refractivity contribution < 1.29 is 14.1 Å². The Morgan fingerprint density at radius 3 is 1.65 bits per heavy atom. The Hall–Kier alpha value is -1.95. The highest BCUT2D eigenvalue weighted by molar-refractivity contribution is 6.99. The lowest BCUT2D eigenvalue weighted by Gasteiger charge is -2.43. The van der Waals surface area contributed by atoms with Crippen molar-refractivity contribution in [2.45, 2.75) is 83.6 Å². The number of benzene rings is 2. The minimum atomic E-state index is -2.40. The normalized spacial score (nSPS) is 12.0. The average Bonchev–Trinajstić information content (AvgIpc) is 2.84. The van der Waals surface area contributed by atoms with E-state index in [1.165, 1.54) is 54.7 Å². The molecule has 5 heteroatoms. The van der Waals surface area contributed by atoms with Gasteiger partial charge in [0, 0.05) is 20.1 Å². The number of carbonyl (C=O) groups excluding carboxylic acids is 1. The summed E-state index contributed by atoms with van der Waals surface area (Å²) >= 11 is 0. The number of unbranched alkanes of at least 4 members (excludes halogenated alkanes) is 7. The number of hydroxylamine groups is 2. The predicted molar refractivity (Wildman–Crippen MR) is 145 cm³/mol. The number of nitrogens with zero attached hydrogens (tertiary/aromatic N) is 1. The van der Waals surface area contributed by atoms with Crippen LogP contribution in [0.5, 0.6) is 0 Å². The monoisotopic (exact) mass is 483 g/mol. The van der Waals surface area contributed by atoms with E-state index < -0.39 is 8.32 Å². The molecule has 1 amide bonds. The maximum Gasteiger partial charge on any atom is 0.261 e. The highest BCUT2D eigenvalue weighted by Gasteiger charge is 2.49. The Balaban J connectivity index is 1.79. The molecule has 0 atom stereocenters. The van der Waals surface area contributed by atoms with E-state index in [4.69, 9.17) is 9.26 Å². The molecule has 0 unspecified atom stereocenters. The van der Waals surface area contributed by atoms with Crippen molar-refractivity contribution in [2.75, 3.05) is 20.8 Å². The van der Waals surface area contributed by atoms with Crippen LogP contribution >= 0.6 is 0 Å². The molecule has 0 saturated heterocycles. The Labute approximate surface area is 208 Å². The largest absolute Gasteiger partial charge is 0.407 e. The van der Waals surface area contributed by atoms with Gasteiger partial charge in [0.25, 0.3) is 8.32 Å². The molecule has 2 rings (SSSR count). The predicted octanol–water partition coefficient (Wildman–Crippen LogP) is 6.09. The summed E-state index contributed by atoms with van der Waals surface area (Å²) in [5.41, 5.74) is 0. The third kappa shape index (κ3) is 8.07. The van der Waals surface area contributed by atoms with Gasteiger partial charge in [-0.15, -0.1) is 0 Å². The van der Waals surface area contributed by atoms with E-state index >= 15 is 0 Å². The highest BCUT2D eigenvalue weighted by atomic mass is 28.4. The summed E-state index contributed by atoms with van der Waals surface area (Å²) in [7, 11) is 0.792. The van der Waals surface area contributed by atoms with Gasteiger partial charge in [0.05, 0.1) is 7.11 Å². The van der Waals surface area contributed by atoms with Gasteiger partial charge in [-0.2, -0.15) is 0 Å². The molecule has 2 aromatic rings. The van der Waals surface area contributed by atoms with Crippen molar-refractivity contribution in [3.63, 3.8) is 0 Å². The summed E-state index contributed by atoms with van der Waals surface area (Å²) < 4.78 is 6.97. The molecule has 34 heavy (non-hydrogen) atoms. The third-order valence-corrected chi connectivity index (χ3v) is 11.7. The van der Waals surface area contributed by atoms with Gasteiger partial charge in [-0.3, -0.25) is 9.63 Å². The molecular weight excluding hydrogens is 438 g/mol. The number of hydrogen-bond acceptors (Lipinski definition) is 3. The topological polar surface area (TPSA) is 38.8 Å². The van der Waals surface area contributed by atoms with Gasteiger partial charge in [0.2, 0.25) is 5.91 Å². The van der Waals surface area contributed by atoms with Gasteiger partial charge in [-0.25, -0.2) is 5.06 Å². The van der Waals surface area contributed by atoms with E-state index in [9.17, 15) is 4.79 Å². The maximum atomic E-state index is 11.7. The first-order valence-corrected chi connectivity index (χ1v) is 14.8. The van der Waals surface area contributed by atoms with Crippen molar-refractivity contribution in [1.29, 1.82) is 0 Å². The summed E-state index contributed by atoms with van der Waals surface area (Å²) in [6.07, 6.45) is 9.87. The summed E-state index contributed by atoms with van der Waals surface area (Å²) in [5, 5.41) is 4.05. The second-order valence-corrected chi connectivity index (χ2v) is 14.5. The van der Waals surface area contributed by atoms with Crippen molar-refractivity contribution in [3.8, 4) is 0 Å². The molecule has 0 aliphatic heterocycles. The van der Waals surface area contributed by atoms with Crippen LogP contribution in [0.25, 0.3) is 0 Å². The third-order valence-electron chi connectivity index (χ3n) is 6.65. The summed E-state index contributed by atoms with van der Waals surface area (Å²) in [6.45, 7) is 7.81. The van der Waals surface area contributed by atoms with Gasteiger partial charge in [0.1, 0.15) is 0 Å². The number of hydrogen-bond donors (Lipinski definition) is 0. The molecule has 2 aromatic carbocycles. The lowest BCUT2D eigenvalue weighted by atomic mass is 10.1. The SMILES string of the molecule is CON(C)C(=O)CCCCCCCCCCO[Si](c1ccccc1)(c1ccccc1)C(C)(C)C. The number of carbonyl (C=O) groups is 1. The molecule has 0 saturated carbocycles. The molecule has 0 fully saturated rings. The second kappa shape index (κ2) is 14.4. The van der Waals surface area contributed by atoms with Crippen LogP contribution in [0.3, 0.4) is 0 Å². The Kier molecular flexibility index (Phi) is 12.0. The van der Waals surface area contributed by atoms with E-state index in [1.54, 1.807) is 7.05 Å². The zero-order valence-corrected chi connectivity index (χ0v) is 23.0. The first-order valence-electron chi connectivity index (χ1n) is 12.9. The van der Waals surface area contributed by atoms with E-state index in [2.05, 4.69) is 81.4 Å². The van der Waals surface area contributed by atoms with Crippen LogP contribution in [0.2, 0.25) is 5.04 Å². The molecule has 0 radical (unpaired) electrons. The molecule has 0 heterocycles. The molecule has 0 aromatic heterocycles. The highest BCUT2D eigenvalue weighted by Crippen LogP contribution is 2.36. The first-order chi connectivity index (χ1) is 16.3. The van der Waals surface area contributed by atoms with E-state index in [0.717, 1.165) is 25.9 Å². The van der Waals surface area contributed by atoms with Crippen molar-refractivity contribution in [1.82, 2.24) is 5.06 Å². The van der Waals surface area contributed by atoms with E-state index in [0.29, 0.717) is 6.42 Å². The minimum Gasteiger partial charge on any atom is -0.407 e. The van der Waals surface area contributed by atoms with Crippen LogP contribution in [0.1, 0.15) is 78.6 Å². The fourth-order valence-electron chi connectivity index (χ4n) is 4.69. The van der Waals surface area contributed by atoms with Crippen molar-refractivity contribution >= 4 is 24.6 Å². The van der Waals surface area contributed by atoms with Crippen LogP contribution < -0.4 is 10.4 Å². The Morgan fingerprint density at radius 2 is 1.21 bits per heavy atom. The van der Waals surface area contributed by atoms with Gasteiger partial charge < -0.3 is 4.43 Å². The lowest BCUT2D eigenvalue weighted by molar-refractivity contribution is -0.168. The molecule has 0 spiro atoms. The van der Waals surface area contributed by atoms with Gasteiger partial charge in [-0.05, 0) is 28.3 Å². The van der Waals surface area contributed by atoms with Crippen molar-refractivity contribution in [3.05, 3.63) is 60.7 Å². The van der Waals surface area contributed by atoms with E-state index in [-0.39, 0.29) is 10.9 Å². The van der Waals surface area contributed by atoms with Crippen LogP contribution in [0, 0.1) is 0 Å². The average molecular weight is 484 g/mol. The fourth-order valence-corrected chi connectivity index (χ4v) is 9.29. The molecule has 0 aliphatic rings. The number of amides is 1. The van der Waals surface area contributed by atoms with Gasteiger partial charge in [0.15, 0.2) is 0 Å². The summed E-state index contributed by atoms with van der Waals surface area (Å²) in [4.78, 5) is 16.6. The van der Waals surface area contributed by atoms with Gasteiger partial charge in [-0.1, -0.05) is 120 Å². The van der Waals surface area contributed by atoms with Crippen LogP contribution in [0.4, 0.5) is 0 Å². The second-order valence-electron chi connectivity index (χ2n) is 10.2. The zero-order valence-electron chi connectivity index (χ0n) is 22.0. The minimum absolute atomic E-state index is 0.0369. The molecular formula is C29H45NO3Si. The van der Waals surface area contributed by atoms with Crippen molar-refractivity contribution in [2.24, 2.45) is 0 Å². The molecule has 0 bridgehead atoms. The summed E-state index contributed by atoms with van der Waals surface area (Å²) in [6, 6.07) is 21.8. The Morgan fingerprint density at radius 1 is 0.765 bits per heavy atom. The number of rotatable bonds is 15. The van der Waals surface area contributed by atoms with Crippen LogP contribution in [0.15, 0.2) is 60.7 Å². The first kappa shape index (κ1) is 28.3. The lowest BCUT2D eigenvalue weighted by Crippen LogP contribution is -2.66. The van der Waals surface area contributed by atoms with Crippen LogP contribution in [-0.2, 0) is 14.1 Å². The molecule has 4 nitrogen and oxygen atoms in total. The molecule has 188 valence electrons. The fraction of sp³-hybridized carbons (Fsp3) is 0.552. The van der Waals surface area contributed by atoms with E-state index in [1.807, 2.05) is 0 Å². The molecule has 0 aliphatic carbocycles. The van der Waals surface area contributed by atoms with Gasteiger partial charge >= 0.3 is 0 Å². The zero-order chi connectivity index (χ0) is 24.9. The maximum absolute atomic E-state index is 11.7. The van der Waals surface area contributed by atoms with Crippen LogP contribution in [-0.4, -0.2) is 40.1 Å². The standard InChI is InChI=1S/C29H45NO3Si/c1-29(2,3)34(26-20-14-12-15-21-26,27-22-16-13-17-23-27)33-25-19-11-9-7-6-8-10-18-24-28(31)30(4)32-5/h12-17,20-23H,6-11,18-19,24-25H2,1-5H3. The Bertz CT molecular complexity index is 781. The molecule has 0 N–H and O–H groups in total.